The second-order valence-electron chi connectivity index (χ2n) is 3.64. The van der Waals surface area contributed by atoms with Crippen LogP contribution in [-0.2, 0) is 0 Å². The number of nitrogens with zero attached hydrogens (tertiary/aromatic N) is 2. The molecule has 0 radical (unpaired) electrons. The van der Waals surface area contributed by atoms with Crippen molar-refractivity contribution in [2.75, 3.05) is 36.0 Å². The Morgan fingerprint density at radius 2 is 1.83 bits per heavy atom. The third kappa shape index (κ3) is 5.19. The van der Waals surface area contributed by atoms with E-state index in [-0.39, 0.29) is 5.95 Å². The average Bonchev–Trinajstić information content (AvgIpc) is 2.31. The minimum absolute atomic E-state index is 0.196. The topological polar surface area (TPSA) is 131 Å². The molecule has 0 bridgehead atoms. The number of primary amides is 1. The maximum absolute atomic E-state index is 10.5. The number of rotatable bonds is 7. The molecule has 0 aromatic carbocycles. The van der Waals surface area contributed by atoms with Crippen molar-refractivity contribution >= 4 is 23.6 Å². The summed E-state index contributed by atoms with van der Waals surface area (Å²) in [6, 6.07) is 1.21. The molecule has 1 aromatic heterocycles. The predicted molar refractivity (Wildman–Crippen MR) is 71.3 cm³/mol. The number of urea groups is 1. The van der Waals surface area contributed by atoms with Gasteiger partial charge in [0.2, 0.25) is 5.95 Å². The maximum atomic E-state index is 10.5. The molecule has 0 atom stereocenters. The Bertz CT molecular complexity index is 396. The third-order valence-electron chi connectivity index (χ3n) is 2.03. The minimum atomic E-state index is -0.552. The molecule has 0 fully saturated rings. The van der Waals surface area contributed by atoms with Crippen LogP contribution in [0.25, 0.3) is 0 Å². The number of nitrogen functional groups attached to an aromatic ring is 1. The lowest BCUT2D eigenvalue weighted by atomic mass is 10.4. The number of carbonyl (C=O) groups is 1. The van der Waals surface area contributed by atoms with E-state index in [1.54, 1.807) is 6.07 Å². The Morgan fingerprint density at radius 1 is 1.22 bits per heavy atom. The Labute approximate surface area is 106 Å². The average molecular weight is 253 g/mol. The molecule has 0 unspecified atom stereocenters. The highest BCUT2D eigenvalue weighted by molar-refractivity contribution is 5.71. The molecule has 7 N–H and O–H groups in total. The second kappa shape index (κ2) is 7.15. The standard InChI is InChI=1S/C10H19N7O/c1-2-3-13-7-6-8(17-9(11)16-7)14-4-5-15-10(12)18/h6H,2-5H2,1H3,(H3,12,15,18)(H4,11,13,14,16,17). The van der Waals surface area contributed by atoms with E-state index in [2.05, 4.69) is 32.8 Å². The molecule has 0 aliphatic heterocycles. The van der Waals surface area contributed by atoms with Gasteiger partial charge in [-0.15, -0.1) is 0 Å². The van der Waals surface area contributed by atoms with Crippen LogP contribution in [-0.4, -0.2) is 35.6 Å². The van der Waals surface area contributed by atoms with Crippen molar-refractivity contribution in [3.05, 3.63) is 6.07 Å². The first-order valence-electron chi connectivity index (χ1n) is 5.77. The Balaban J connectivity index is 2.48. The summed E-state index contributed by atoms with van der Waals surface area (Å²) in [7, 11) is 0. The fourth-order valence-corrected chi connectivity index (χ4v) is 1.28. The van der Waals surface area contributed by atoms with E-state index in [1.165, 1.54) is 0 Å². The number of amides is 2. The Morgan fingerprint density at radius 3 is 2.39 bits per heavy atom. The summed E-state index contributed by atoms with van der Waals surface area (Å²) in [6.07, 6.45) is 0.995. The van der Waals surface area contributed by atoms with Crippen molar-refractivity contribution in [3.63, 3.8) is 0 Å². The van der Waals surface area contributed by atoms with Gasteiger partial charge in [-0.05, 0) is 6.42 Å². The van der Waals surface area contributed by atoms with Gasteiger partial charge in [0.25, 0.3) is 0 Å². The third-order valence-corrected chi connectivity index (χ3v) is 2.03. The van der Waals surface area contributed by atoms with Gasteiger partial charge in [-0.3, -0.25) is 0 Å². The molecular formula is C10H19N7O. The number of carbonyl (C=O) groups excluding carboxylic acids is 1. The van der Waals surface area contributed by atoms with Crippen molar-refractivity contribution < 1.29 is 4.79 Å². The van der Waals surface area contributed by atoms with E-state index in [0.717, 1.165) is 13.0 Å². The van der Waals surface area contributed by atoms with Crippen LogP contribution in [0.1, 0.15) is 13.3 Å². The van der Waals surface area contributed by atoms with Crippen LogP contribution in [0.2, 0.25) is 0 Å². The summed E-state index contributed by atoms with van der Waals surface area (Å²) < 4.78 is 0. The van der Waals surface area contributed by atoms with E-state index in [0.29, 0.717) is 24.7 Å². The summed E-state index contributed by atoms with van der Waals surface area (Å²) in [5.74, 6) is 1.48. The normalized spacial score (nSPS) is 9.83. The first-order valence-corrected chi connectivity index (χ1v) is 5.77. The van der Waals surface area contributed by atoms with Crippen LogP contribution < -0.4 is 27.4 Å². The Kier molecular flexibility index (Phi) is 5.49. The molecule has 0 aliphatic rings. The highest BCUT2D eigenvalue weighted by Gasteiger charge is 2.01. The van der Waals surface area contributed by atoms with Gasteiger partial charge in [0.05, 0.1) is 0 Å². The van der Waals surface area contributed by atoms with Gasteiger partial charge in [0.1, 0.15) is 11.6 Å². The van der Waals surface area contributed by atoms with Crippen LogP contribution in [0.5, 0.6) is 0 Å². The lowest BCUT2D eigenvalue weighted by Gasteiger charge is -2.09. The second-order valence-corrected chi connectivity index (χ2v) is 3.64. The fraction of sp³-hybridized carbons (Fsp3) is 0.500. The van der Waals surface area contributed by atoms with Crippen molar-refractivity contribution in [1.82, 2.24) is 15.3 Å². The number of nitrogens with one attached hydrogen (secondary N) is 3. The molecule has 0 aliphatic carbocycles. The minimum Gasteiger partial charge on any atom is -0.370 e. The molecule has 8 heteroatoms. The summed E-state index contributed by atoms with van der Waals surface area (Å²) >= 11 is 0. The quantitative estimate of drug-likeness (QED) is 0.433. The molecule has 0 saturated heterocycles. The monoisotopic (exact) mass is 253 g/mol. The number of hydrogen-bond acceptors (Lipinski definition) is 6. The zero-order chi connectivity index (χ0) is 13.4. The number of aromatic nitrogens is 2. The smallest absolute Gasteiger partial charge is 0.312 e. The van der Waals surface area contributed by atoms with Gasteiger partial charge in [-0.2, -0.15) is 9.97 Å². The summed E-state index contributed by atoms with van der Waals surface area (Å²) in [5, 5.41) is 8.60. The summed E-state index contributed by atoms with van der Waals surface area (Å²) in [4.78, 5) is 18.5. The van der Waals surface area contributed by atoms with Crippen LogP contribution in [0.15, 0.2) is 6.07 Å². The van der Waals surface area contributed by atoms with Crippen LogP contribution in [0.4, 0.5) is 22.4 Å². The summed E-state index contributed by atoms with van der Waals surface area (Å²) in [5.41, 5.74) is 10.5. The van der Waals surface area contributed by atoms with Crippen molar-refractivity contribution in [3.8, 4) is 0 Å². The van der Waals surface area contributed by atoms with E-state index >= 15 is 0 Å². The molecule has 8 nitrogen and oxygen atoms in total. The Hall–Kier alpha value is -2.25. The van der Waals surface area contributed by atoms with Gasteiger partial charge >= 0.3 is 6.03 Å². The maximum Gasteiger partial charge on any atom is 0.312 e. The zero-order valence-electron chi connectivity index (χ0n) is 10.4. The van der Waals surface area contributed by atoms with Crippen LogP contribution >= 0.6 is 0 Å². The highest BCUT2D eigenvalue weighted by Crippen LogP contribution is 2.11. The van der Waals surface area contributed by atoms with Crippen molar-refractivity contribution in [1.29, 1.82) is 0 Å². The fourth-order valence-electron chi connectivity index (χ4n) is 1.28. The van der Waals surface area contributed by atoms with Gasteiger partial charge in [0, 0.05) is 25.7 Å². The van der Waals surface area contributed by atoms with Crippen LogP contribution in [0, 0.1) is 0 Å². The number of hydrogen-bond donors (Lipinski definition) is 5. The predicted octanol–water partition coefficient (Wildman–Crippen LogP) is -0.0391. The first-order chi connectivity index (χ1) is 8.61. The summed E-state index contributed by atoms with van der Waals surface area (Å²) in [6.45, 7) is 3.80. The van der Waals surface area contributed by atoms with Gasteiger partial charge in [0.15, 0.2) is 0 Å². The molecule has 1 heterocycles. The van der Waals surface area contributed by atoms with Gasteiger partial charge in [-0.1, -0.05) is 6.92 Å². The largest absolute Gasteiger partial charge is 0.370 e. The van der Waals surface area contributed by atoms with Crippen molar-refractivity contribution in [2.24, 2.45) is 5.73 Å². The SMILES string of the molecule is CCCNc1cc(NCCNC(N)=O)nc(N)n1. The van der Waals surface area contributed by atoms with Crippen LogP contribution in [0.3, 0.4) is 0 Å². The molecule has 1 aromatic rings. The lowest BCUT2D eigenvalue weighted by molar-refractivity contribution is 0.249. The molecular weight excluding hydrogens is 234 g/mol. The van der Waals surface area contributed by atoms with E-state index in [4.69, 9.17) is 11.5 Å². The molecule has 0 spiro atoms. The highest BCUT2D eigenvalue weighted by atomic mass is 16.2. The number of anilines is 3. The van der Waals surface area contributed by atoms with E-state index in [1.807, 2.05) is 0 Å². The van der Waals surface area contributed by atoms with Gasteiger partial charge < -0.3 is 27.4 Å². The first kappa shape index (κ1) is 13.8. The zero-order valence-corrected chi connectivity index (χ0v) is 10.4. The number of nitrogens with two attached hydrogens (primary N) is 2. The molecule has 18 heavy (non-hydrogen) atoms. The lowest BCUT2D eigenvalue weighted by Crippen LogP contribution is -2.33. The van der Waals surface area contributed by atoms with Gasteiger partial charge in [-0.25, -0.2) is 4.79 Å². The van der Waals surface area contributed by atoms with E-state index in [9.17, 15) is 4.79 Å². The molecule has 1 rings (SSSR count). The van der Waals surface area contributed by atoms with Crippen molar-refractivity contribution in [2.45, 2.75) is 13.3 Å². The molecule has 100 valence electrons. The molecule has 0 saturated carbocycles. The molecule has 2 amide bonds. The van der Waals surface area contributed by atoms with E-state index < -0.39 is 6.03 Å².